The Balaban J connectivity index is 2.09. The number of piperidine rings is 1. The monoisotopic (exact) mass is 231 g/mol. The Morgan fingerprint density at radius 3 is 2.94 bits per heavy atom. The third kappa shape index (κ3) is 1.78. The molecule has 3 rings (SSSR count). The van der Waals surface area contributed by atoms with Crippen molar-refractivity contribution in [2.45, 2.75) is 18.8 Å². The molecule has 0 aromatic carbocycles. The molecular weight excluding hydrogens is 214 g/mol. The predicted octanol–water partition coefficient (Wildman–Crippen LogP) is 1.81. The van der Waals surface area contributed by atoms with Gasteiger partial charge < -0.3 is 10.1 Å². The molecule has 1 aliphatic heterocycles. The Bertz CT molecular complexity index is 514. The van der Waals surface area contributed by atoms with Gasteiger partial charge in [-0.15, -0.1) is 0 Å². The zero-order valence-corrected chi connectivity index (χ0v) is 10.0. The Hall–Kier alpha value is -1.55. The van der Waals surface area contributed by atoms with Crippen molar-refractivity contribution in [3.63, 3.8) is 0 Å². The second-order valence-corrected chi connectivity index (χ2v) is 4.47. The summed E-state index contributed by atoms with van der Waals surface area (Å²) in [6.45, 7) is 2.16. The predicted molar refractivity (Wildman–Crippen MR) is 66.6 cm³/mol. The van der Waals surface area contributed by atoms with Gasteiger partial charge in [0, 0.05) is 5.92 Å². The molecule has 0 radical (unpaired) electrons. The van der Waals surface area contributed by atoms with Crippen molar-refractivity contribution in [3.05, 3.63) is 30.2 Å². The molecule has 0 atom stereocenters. The van der Waals surface area contributed by atoms with E-state index in [1.54, 1.807) is 7.11 Å². The molecule has 17 heavy (non-hydrogen) atoms. The summed E-state index contributed by atoms with van der Waals surface area (Å²) in [6.07, 6.45) is 4.23. The van der Waals surface area contributed by atoms with Gasteiger partial charge in [-0.25, -0.2) is 4.98 Å². The molecular formula is C13H17N3O. The standard InChI is InChI=1S/C13H17N3O/c1-17-12-4-2-3-11-9-15-13(16(11)12)10-5-7-14-8-6-10/h2-4,9-10,14H,5-8H2,1H3. The molecule has 1 saturated heterocycles. The van der Waals surface area contributed by atoms with E-state index < -0.39 is 0 Å². The van der Waals surface area contributed by atoms with E-state index in [9.17, 15) is 0 Å². The average molecular weight is 231 g/mol. The summed E-state index contributed by atoms with van der Waals surface area (Å²) in [5, 5.41) is 3.39. The van der Waals surface area contributed by atoms with Crippen LogP contribution in [0.2, 0.25) is 0 Å². The first kappa shape index (κ1) is 10.6. The summed E-state index contributed by atoms with van der Waals surface area (Å²) in [5.74, 6) is 2.54. The van der Waals surface area contributed by atoms with Gasteiger partial charge in [-0.3, -0.25) is 4.40 Å². The molecule has 0 aliphatic carbocycles. The Morgan fingerprint density at radius 2 is 2.18 bits per heavy atom. The number of methoxy groups -OCH3 is 1. The van der Waals surface area contributed by atoms with Gasteiger partial charge in [0.2, 0.25) is 0 Å². The molecule has 0 unspecified atom stereocenters. The van der Waals surface area contributed by atoms with Gasteiger partial charge in [-0.1, -0.05) is 6.07 Å². The Labute approximate surface area is 101 Å². The lowest BCUT2D eigenvalue weighted by atomic mass is 9.97. The number of ether oxygens (including phenoxy) is 1. The molecule has 2 aromatic heterocycles. The number of fused-ring (bicyclic) bond motifs is 1. The van der Waals surface area contributed by atoms with Crippen LogP contribution in [-0.4, -0.2) is 29.6 Å². The first-order chi connectivity index (χ1) is 8.40. The largest absolute Gasteiger partial charge is 0.482 e. The molecule has 4 nitrogen and oxygen atoms in total. The molecule has 0 spiro atoms. The fourth-order valence-corrected chi connectivity index (χ4v) is 2.57. The SMILES string of the molecule is COc1cccc2cnc(C3CCNCC3)n12. The minimum Gasteiger partial charge on any atom is -0.482 e. The zero-order valence-electron chi connectivity index (χ0n) is 10.0. The molecule has 1 aliphatic rings. The smallest absolute Gasteiger partial charge is 0.199 e. The fourth-order valence-electron chi connectivity index (χ4n) is 2.57. The van der Waals surface area contributed by atoms with Gasteiger partial charge >= 0.3 is 0 Å². The second-order valence-electron chi connectivity index (χ2n) is 4.47. The normalized spacial score (nSPS) is 17.5. The van der Waals surface area contributed by atoms with Crippen molar-refractivity contribution in [2.75, 3.05) is 20.2 Å². The highest BCUT2D eigenvalue weighted by atomic mass is 16.5. The average Bonchev–Trinajstić information content (AvgIpc) is 2.83. The van der Waals surface area contributed by atoms with Crippen molar-refractivity contribution < 1.29 is 4.74 Å². The van der Waals surface area contributed by atoms with Crippen molar-refractivity contribution in [1.82, 2.24) is 14.7 Å². The number of hydrogen-bond donors (Lipinski definition) is 1. The molecule has 2 aromatic rings. The number of nitrogens with one attached hydrogen (secondary N) is 1. The van der Waals surface area contributed by atoms with Gasteiger partial charge in [0.1, 0.15) is 5.82 Å². The van der Waals surface area contributed by atoms with Crippen molar-refractivity contribution in [2.24, 2.45) is 0 Å². The van der Waals surface area contributed by atoms with E-state index >= 15 is 0 Å². The van der Waals surface area contributed by atoms with Gasteiger partial charge in [-0.2, -0.15) is 0 Å². The highest BCUT2D eigenvalue weighted by Crippen LogP contribution is 2.27. The minimum absolute atomic E-state index is 0.537. The summed E-state index contributed by atoms with van der Waals surface area (Å²) in [6, 6.07) is 6.06. The highest BCUT2D eigenvalue weighted by Gasteiger charge is 2.20. The maximum atomic E-state index is 5.42. The summed E-state index contributed by atoms with van der Waals surface area (Å²) in [7, 11) is 1.71. The van der Waals surface area contributed by atoms with Crippen LogP contribution in [0.15, 0.2) is 24.4 Å². The van der Waals surface area contributed by atoms with E-state index in [1.165, 1.54) is 0 Å². The Morgan fingerprint density at radius 1 is 1.35 bits per heavy atom. The highest BCUT2D eigenvalue weighted by molar-refractivity contribution is 5.49. The van der Waals surface area contributed by atoms with Crippen LogP contribution >= 0.6 is 0 Å². The van der Waals surface area contributed by atoms with Crippen LogP contribution in [0.3, 0.4) is 0 Å². The third-order valence-corrected chi connectivity index (χ3v) is 3.46. The quantitative estimate of drug-likeness (QED) is 0.856. The minimum atomic E-state index is 0.537. The van der Waals surface area contributed by atoms with Crippen molar-refractivity contribution in [3.8, 4) is 5.88 Å². The van der Waals surface area contributed by atoms with Crippen LogP contribution in [-0.2, 0) is 0 Å². The van der Waals surface area contributed by atoms with Crippen LogP contribution in [0.5, 0.6) is 5.88 Å². The van der Waals surface area contributed by atoms with Gasteiger partial charge in [0.15, 0.2) is 5.88 Å². The van der Waals surface area contributed by atoms with E-state index in [4.69, 9.17) is 4.74 Å². The van der Waals surface area contributed by atoms with Gasteiger partial charge in [0.05, 0.1) is 18.8 Å². The lowest BCUT2D eigenvalue weighted by molar-refractivity contribution is 0.381. The summed E-state index contributed by atoms with van der Waals surface area (Å²) >= 11 is 0. The molecule has 1 fully saturated rings. The van der Waals surface area contributed by atoms with Crippen molar-refractivity contribution >= 4 is 5.52 Å². The molecule has 0 bridgehead atoms. The van der Waals surface area contributed by atoms with Crippen LogP contribution in [0.4, 0.5) is 0 Å². The number of hydrogen-bond acceptors (Lipinski definition) is 3. The maximum absolute atomic E-state index is 5.42. The van der Waals surface area contributed by atoms with E-state index in [0.29, 0.717) is 5.92 Å². The molecule has 1 N–H and O–H groups in total. The van der Waals surface area contributed by atoms with E-state index in [-0.39, 0.29) is 0 Å². The van der Waals surface area contributed by atoms with Gasteiger partial charge in [-0.05, 0) is 38.1 Å². The van der Waals surface area contributed by atoms with E-state index in [0.717, 1.165) is 43.2 Å². The second kappa shape index (κ2) is 4.37. The Kier molecular flexibility index (Phi) is 2.73. The lowest BCUT2D eigenvalue weighted by Crippen LogP contribution is -2.27. The van der Waals surface area contributed by atoms with Gasteiger partial charge in [0.25, 0.3) is 0 Å². The van der Waals surface area contributed by atoms with Crippen LogP contribution in [0, 0.1) is 0 Å². The van der Waals surface area contributed by atoms with E-state index in [2.05, 4.69) is 20.8 Å². The summed E-state index contributed by atoms with van der Waals surface area (Å²) in [4.78, 5) is 4.58. The number of nitrogens with zero attached hydrogens (tertiary/aromatic N) is 2. The fraction of sp³-hybridized carbons (Fsp3) is 0.462. The number of rotatable bonds is 2. The third-order valence-electron chi connectivity index (χ3n) is 3.46. The zero-order chi connectivity index (χ0) is 11.7. The van der Waals surface area contributed by atoms with E-state index in [1.807, 2.05) is 18.3 Å². The summed E-state index contributed by atoms with van der Waals surface area (Å²) in [5.41, 5.74) is 1.11. The molecule has 0 amide bonds. The van der Waals surface area contributed by atoms with Crippen LogP contribution in [0.25, 0.3) is 5.52 Å². The number of aromatic nitrogens is 2. The molecule has 4 heteroatoms. The van der Waals surface area contributed by atoms with Crippen LogP contribution < -0.4 is 10.1 Å². The topological polar surface area (TPSA) is 38.6 Å². The van der Waals surface area contributed by atoms with Crippen LogP contribution in [0.1, 0.15) is 24.6 Å². The lowest BCUT2D eigenvalue weighted by Gasteiger charge is -2.22. The van der Waals surface area contributed by atoms with Crippen molar-refractivity contribution in [1.29, 1.82) is 0 Å². The molecule has 0 saturated carbocycles. The number of imidazole rings is 1. The first-order valence-electron chi connectivity index (χ1n) is 6.11. The maximum Gasteiger partial charge on any atom is 0.199 e. The molecule has 90 valence electrons. The summed E-state index contributed by atoms with van der Waals surface area (Å²) < 4.78 is 7.56. The molecule has 3 heterocycles. The first-order valence-corrected chi connectivity index (χ1v) is 6.11. The number of pyridine rings is 1.